The van der Waals surface area contributed by atoms with Gasteiger partial charge in [-0.25, -0.2) is 4.98 Å². The Morgan fingerprint density at radius 3 is 2.13 bits per heavy atom. The monoisotopic (exact) mass is 383 g/mol. The number of halogens is 2. The summed E-state index contributed by atoms with van der Waals surface area (Å²) in [5.41, 5.74) is 3.55. The highest BCUT2D eigenvalue weighted by Crippen LogP contribution is 2.44. The first-order valence-corrected chi connectivity index (χ1v) is 8.30. The SMILES string of the molecule is Clc1c(Br)cnc2oc(-c3ccccc3)c(-c3ccccc3)c12. The molecule has 0 bridgehead atoms. The van der Waals surface area contributed by atoms with Crippen molar-refractivity contribution in [2.24, 2.45) is 0 Å². The van der Waals surface area contributed by atoms with Crippen molar-refractivity contribution in [3.8, 4) is 22.5 Å². The molecule has 0 aliphatic heterocycles. The van der Waals surface area contributed by atoms with Crippen LogP contribution < -0.4 is 0 Å². The lowest BCUT2D eigenvalue weighted by Gasteiger charge is -2.04. The van der Waals surface area contributed by atoms with Crippen molar-refractivity contribution in [3.63, 3.8) is 0 Å². The van der Waals surface area contributed by atoms with Crippen molar-refractivity contribution >= 4 is 38.6 Å². The van der Waals surface area contributed by atoms with Crippen molar-refractivity contribution in [1.29, 1.82) is 0 Å². The number of pyridine rings is 1. The van der Waals surface area contributed by atoms with Gasteiger partial charge in [0, 0.05) is 17.3 Å². The molecule has 0 atom stereocenters. The highest BCUT2D eigenvalue weighted by molar-refractivity contribution is 9.10. The maximum atomic E-state index is 6.53. The molecule has 2 nitrogen and oxygen atoms in total. The number of benzene rings is 2. The molecule has 4 aromatic rings. The van der Waals surface area contributed by atoms with Crippen LogP contribution in [0.1, 0.15) is 0 Å². The molecule has 4 rings (SSSR count). The smallest absolute Gasteiger partial charge is 0.228 e. The van der Waals surface area contributed by atoms with E-state index in [1.54, 1.807) is 6.20 Å². The maximum absolute atomic E-state index is 6.53. The van der Waals surface area contributed by atoms with Crippen molar-refractivity contribution < 1.29 is 4.42 Å². The second kappa shape index (κ2) is 5.84. The Morgan fingerprint density at radius 2 is 1.48 bits per heavy atom. The topological polar surface area (TPSA) is 26.0 Å². The molecule has 0 aliphatic carbocycles. The molecule has 0 saturated carbocycles. The van der Waals surface area contributed by atoms with Crippen LogP contribution >= 0.6 is 27.5 Å². The molecule has 2 aromatic carbocycles. The molecule has 0 fully saturated rings. The molecule has 0 aliphatic rings. The van der Waals surface area contributed by atoms with Gasteiger partial charge in [-0.2, -0.15) is 0 Å². The Morgan fingerprint density at radius 1 is 0.870 bits per heavy atom. The Hall–Kier alpha value is -2.10. The van der Waals surface area contributed by atoms with E-state index in [-0.39, 0.29) is 0 Å². The zero-order chi connectivity index (χ0) is 15.8. The molecular weight excluding hydrogens is 374 g/mol. The minimum absolute atomic E-state index is 0.538. The van der Waals surface area contributed by atoms with Crippen LogP contribution in [0, 0.1) is 0 Å². The molecule has 0 radical (unpaired) electrons. The number of furan rings is 1. The molecule has 112 valence electrons. The first kappa shape index (κ1) is 14.5. The van der Waals surface area contributed by atoms with Crippen molar-refractivity contribution in [1.82, 2.24) is 4.98 Å². The average Bonchev–Trinajstić information content (AvgIpc) is 3.00. The summed E-state index contributed by atoms with van der Waals surface area (Å²) in [5, 5.41) is 1.44. The fourth-order valence-corrected chi connectivity index (χ4v) is 3.20. The quantitative estimate of drug-likeness (QED) is 0.390. The van der Waals surface area contributed by atoms with E-state index >= 15 is 0 Å². The molecule has 0 N–H and O–H groups in total. The molecule has 23 heavy (non-hydrogen) atoms. The molecule has 2 aromatic heterocycles. The van der Waals surface area contributed by atoms with E-state index in [0.29, 0.717) is 10.7 Å². The van der Waals surface area contributed by atoms with E-state index in [1.165, 1.54) is 0 Å². The summed E-state index contributed by atoms with van der Waals surface area (Å²) in [7, 11) is 0. The maximum Gasteiger partial charge on any atom is 0.228 e. The minimum Gasteiger partial charge on any atom is -0.437 e. The van der Waals surface area contributed by atoms with E-state index < -0.39 is 0 Å². The van der Waals surface area contributed by atoms with E-state index in [9.17, 15) is 0 Å². The van der Waals surface area contributed by atoms with Crippen LogP contribution in [0.15, 0.2) is 75.8 Å². The lowest BCUT2D eigenvalue weighted by atomic mass is 9.99. The third-order valence-corrected chi connectivity index (χ3v) is 4.93. The van der Waals surface area contributed by atoms with Gasteiger partial charge in [-0.1, -0.05) is 72.3 Å². The van der Waals surface area contributed by atoms with Gasteiger partial charge in [0.15, 0.2) is 0 Å². The summed E-state index contributed by atoms with van der Waals surface area (Å²) in [6.07, 6.45) is 1.66. The Labute approximate surface area is 146 Å². The fourth-order valence-electron chi connectivity index (χ4n) is 2.68. The van der Waals surface area contributed by atoms with Crippen LogP contribution in [0.4, 0.5) is 0 Å². The third-order valence-electron chi connectivity index (χ3n) is 3.71. The van der Waals surface area contributed by atoms with Gasteiger partial charge in [0.05, 0.1) is 14.9 Å². The van der Waals surface area contributed by atoms with Gasteiger partial charge in [0.1, 0.15) is 5.76 Å². The normalized spacial score (nSPS) is 11.0. The van der Waals surface area contributed by atoms with Gasteiger partial charge in [0.25, 0.3) is 0 Å². The number of aromatic nitrogens is 1. The second-order valence-electron chi connectivity index (χ2n) is 5.14. The molecule has 0 saturated heterocycles. The highest BCUT2D eigenvalue weighted by Gasteiger charge is 2.21. The van der Waals surface area contributed by atoms with E-state index in [4.69, 9.17) is 16.0 Å². The zero-order valence-corrected chi connectivity index (χ0v) is 14.3. The van der Waals surface area contributed by atoms with Crippen LogP contribution in [0.2, 0.25) is 5.02 Å². The molecule has 0 unspecified atom stereocenters. The first-order valence-electron chi connectivity index (χ1n) is 7.13. The van der Waals surface area contributed by atoms with Crippen LogP contribution in [-0.4, -0.2) is 4.98 Å². The van der Waals surface area contributed by atoms with Crippen LogP contribution in [0.25, 0.3) is 33.6 Å². The molecule has 0 spiro atoms. The lowest BCUT2D eigenvalue weighted by Crippen LogP contribution is -1.82. The summed E-state index contributed by atoms with van der Waals surface area (Å²) < 4.78 is 6.81. The van der Waals surface area contributed by atoms with Gasteiger partial charge in [0.2, 0.25) is 5.71 Å². The van der Waals surface area contributed by atoms with Crippen molar-refractivity contribution in [3.05, 3.63) is 76.4 Å². The first-order chi connectivity index (χ1) is 11.3. The number of rotatable bonds is 2. The predicted octanol–water partition coefficient (Wildman–Crippen LogP) is 6.58. The van der Waals surface area contributed by atoms with E-state index in [1.807, 2.05) is 60.7 Å². The number of nitrogens with zero attached hydrogens (tertiary/aromatic N) is 1. The van der Waals surface area contributed by atoms with Gasteiger partial charge in [-0.15, -0.1) is 0 Å². The molecular formula is C19H11BrClNO. The van der Waals surface area contributed by atoms with E-state index in [2.05, 4.69) is 20.9 Å². The summed E-state index contributed by atoms with van der Waals surface area (Å²) in [6, 6.07) is 20.1. The lowest BCUT2D eigenvalue weighted by molar-refractivity contribution is 0.619. The summed E-state index contributed by atoms with van der Waals surface area (Å²) in [4.78, 5) is 4.38. The largest absolute Gasteiger partial charge is 0.437 e. The Kier molecular flexibility index (Phi) is 3.68. The standard InChI is InChI=1S/C19H11BrClNO/c20-14-11-22-19-16(17(14)21)15(12-7-3-1-4-8-12)18(23-19)13-9-5-2-6-10-13/h1-11H. The van der Waals surface area contributed by atoms with Gasteiger partial charge in [-0.05, 0) is 21.5 Å². The van der Waals surface area contributed by atoms with Gasteiger partial charge >= 0.3 is 0 Å². The van der Waals surface area contributed by atoms with Crippen molar-refractivity contribution in [2.45, 2.75) is 0 Å². The molecule has 0 amide bonds. The van der Waals surface area contributed by atoms with Crippen molar-refractivity contribution in [2.75, 3.05) is 0 Å². The predicted molar refractivity (Wildman–Crippen MR) is 97.6 cm³/mol. The number of fused-ring (bicyclic) bond motifs is 1. The fraction of sp³-hybridized carbons (Fsp3) is 0. The van der Waals surface area contributed by atoms with Crippen LogP contribution in [0.3, 0.4) is 0 Å². The van der Waals surface area contributed by atoms with Gasteiger partial charge < -0.3 is 4.42 Å². The highest BCUT2D eigenvalue weighted by atomic mass is 79.9. The summed E-state index contributed by atoms with van der Waals surface area (Å²) in [5.74, 6) is 0.777. The van der Waals surface area contributed by atoms with Gasteiger partial charge in [-0.3, -0.25) is 0 Å². The molecule has 4 heteroatoms. The number of hydrogen-bond acceptors (Lipinski definition) is 2. The Balaban J connectivity index is 2.13. The third kappa shape index (κ3) is 2.46. The molecule has 2 heterocycles. The van der Waals surface area contributed by atoms with Crippen LogP contribution in [-0.2, 0) is 0 Å². The number of hydrogen-bond donors (Lipinski definition) is 0. The van der Waals surface area contributed by atoms with Crippen LogP contribution in [0.5, 0.6) is 0 Å². The zero-order valence-electron chi connectivity index (χ0n) is 12.0. The second-order valence-corrected chi connectivity index (χ2v) is 6.37. The average molecular weight is 385 g/mol. The summed E-state index contributed by atoms with van der Waals surface area (Å²) in [6.45, 7) is 0. The Bertz CT molecular complexity index is 981. The minimum atomic E-state index is 0.538. The summed E-state index contributed by atoms with van der Waals surface area (Å²) >= 11 is 9.99. The van der Waals surface area contributed by atoms with E-state index in [0.717, 1.165) is 32.3 Å².